The SMILES string of the molecule is COc1cccc(/C=C/C(=O)Nc2cccnc2Nc2ccc(C#N)cn2)c1OC1CCCC1. The number of hydrogen-bond donors (Lipinski definition) is 2. The molecule has 3 aromatic rings. The van der Waals surface area contributed by atoms with Gasteiger partial charge in [-0.15, -0.1) is 0 Å². The highest BCUT2D eigenvalue weighted by Crippen LogP contribution is 2.35. The molecule has 1 aliphatic rings. The number of nitrogens with zero attached hydrogens (tertiary/aromatic N) is 3. The Bertz CT molecular complexity index is 1210. The maximum absolute atomic E-state index is 12.7. The van der Waals surface area contributed by atoms with Crippen LogP contribution in [-0.2, 0) is 4.79 Å². The Morgan fingerprint density at radius 1 is 1.15 bits per heavy atom. The largest absolute Gasteiger partial charge is 0.493 e. The molecule has 0 unspecified atom stereocenters. The van der Waals surface area contributed by atoms with E-state index in [0.717, 1.165) is 31.2 Å². The van der Waals surface area contributed by atoms with Crippen molar-refractivity contribution in [3.05, 3.63) is 72.1 Å². The zero-order chi connectivity index (χ0) is 23.8. The summed E-state index contributed by atoms with van der Waals surface area (Å²) in [7, 11) is 1.61. The number of carbonyl (C=O) groups is 1. The minimum Gasteiger partial charge on any atom is -0.493 e. The first-order valence-electron chi connectivity index (χ1n) is 11.1. The third-order valence-corrected chi connectivity index (χ3v) is 5.43. The van der Waals surface area contributed by atoms with Crippen molar-refractivity contribution >= 4 is 29.3 Å². The molecule has 4 rings (SSSR count). The zero-order valence-corrected chi connectivity index (χ0v) is 18.8. The number of ether oxygens (including phenoxy) is 2. The highest BCUT2D eigenvalue weighted by atomic mass is 16.5. The van der Waals surface area contributed by atoms with Crippen LogP contribution in [0.2, 0.25) is 0 Å². The Kier molecular flexibility index (Phi) is 7.35. The smallest absolute Gasteiger partial charge is 0.248 e. The summed E-state index contributed by atoms with van der Waals surface area (Å²) in [6.45, 7) is 0. The van der Waals surface area contributed by atoms with Crippen LogP contribution in [0.25, 0.3) is 6.08 Å². The molecule has 2 aromatic heterocycles. The Balaban J connectivity index is 1.48. The second-order valence-corrected chi connectivity index (χ2v) is 7.79. The third kappa shape index (κ3) is 5.70. The number of nitriles is 1. The van der Waals surface area contributed by atoms with Crippen molar-refractivity contribution in [1.82, 2.24) is 9.97 Å². The summed E-state index contributed by atoms with van der Waals surface area (Å²) in [6.07, 6.45) is 10.8. The number of benzene rings is 1. The average Bonchev–Trinajstić information content (AvgIpc) is 3.38. The van der Waals surface area contributed by atoms with E-state index in [4.69, 9.17) is 14.7 Å². The van der Waals surface area contributed by atoms with Crippen LogP contribution in [0.4, 0.5) is 17.3 Å². The van der Waals surface area contributed by atoms with Gasteiger partial charge in [0.05, 0.1) is 24.5 Å². The van der Waals surface area contributed by atoms with Crippen molar-refractivity contribution in [1.29, 1.82) is 5.26 Å². The molecule has 0 aliphatic heterocycles. The first-order valence-corrected chi connectivity index (χ1v) is 11.1. The van der Waals surface area contributed by atoms with Crippen molar-refractivity contribution in [2.75, 3.05) is 17.7 Å². The van der Waals surface area contributed by atoms with Crippen molar-refractivity contribution in [3.8, 4) is 17.6 Å². The standard InChI is InChI=1S/C26H25N5O3/c1-33-22-10-4-6-19(25(22)34-20-7-2-3-8-20)12-14-24(32)30-21-9-5-15-28-26(21)31-23-13-11-18(16-27)17-29-23/h4-6,9-15,17,20H,2-3,7-8H2,1H3,(H,30,32)(H,28,29,31)/b14-12+. The van der Waals surface area contributed by atoms with E-state index in [9.17, 15) is 4.79 Å². The summed E-state index contributed by atoms with van der Waals surface area (Å²) in [5.41, 5.74) is 1.73. The number of methoxy groups -OCH3 is 1. The first kappa shape index (κ1) is 22.8. The fourth-order valence-electron chi connectivity index (χ4n) is 3.72. The molecule has 8 nitrogen and oxygen atoms in total. The van der Waals surface area contributed by atoms with Gasteiger partial charge in [0, 0.05) is 24.0 Å². The predicted molar refractivity (Wildman–Crippen MR) is 130 cm³/mol. The van der Waals surface area contributed by atoms with E-state index in [2.05, 4.69) is 20.6 Å². The molecule has 2 heterocycles. The monoisotopic (exact) mass is 455 g/mol. The number of rotatable bonds is 8. The van der Waals surface area contributed by atoms with E-state index in [-0.39, 0.29) is 12.0 Å². The lowest BCUT2D eigenvalue weighted by Crippen LogP contribution is -2.13. The molecule has 2 N–H and O–H groups in total. The number of amides is 1. The summed E-state index contributed by atoms with van der Waals surface area (Å²) >= 11 is 0. The predicted octanol–water partition coefficient (Wildman–Crippen LogP) is 5.07. The molecule has 1 aliphatic carbocycles. The van der Waals surface area contributed by atoms with E-state index in [1.165, 1.54) is 12.3 Å². The number of carbonyl (C=O) groups excluding carboxylic acids is 1. The van der Waals surface area contributed by atoms with Gasteiger partial charge in [-0.2, -0.15) is 5.26 Å². The normalized spacial score (nSPS) is 13.4. The molecule has 1 saturated carbocycles. The molecule has 1 amide bonds. The Morgan fingerprint density at radius 3 is 2.74 bits per heavy atom. The Morgan fingerprint density at radius 2 is 2.00 bits per heavy atom. The van der Waals surface area contributed by atoms with E-state index < -0.39 is 0 Å². The molecule has 0 spiro atoms. The van der Waals surface area contributed by atoms with Crippen LogP contribution in [0.1, 0.15) is 36.8 Å². The molecule has 0 saturated heterocycles. The second-order valence-electron chi connectivity index (χ2n) is 7.79. The molecule has 1 fully saturated rings. The molecular weight excluding hydrogens is 430 g/mol. The summed E-state index contributed by atoms with van der Waals surface area (Å²) in [5, 5.41) is 14.8. The van der Waals surface area contributed by atoms with Gasteiger partial charge in [0.25, 0.3) is 0 Å². The number of nitrogens with one attached hydrogen (secondary N) is 2. The Labute approximate surface area is 198 Å². The summed E-state index contributed by atoms with van der Waals surface area (Å²) in [6, 6.07) is 14.4. The summed E-state index contributed by atoms with van der Waals surface area (Å²) in [4.78, 5) is 21.2. The van der Waals surface area contributed by atoms with Crippen LogP contribution in [0.15, 0.2) is 60.9 Å². The van der Waals surface area contributed by atoms with Gasteiger partial charge in [-0.1, -0.05) is 12.1 Å². The van der Waals surface area contributed by atoms with Crippen LogP contribution in [0.5, 0.6) is 11.5 Å². The minimum atomic E-state index is -0.321. The van der Waals surface area contributed by atoms with Gasteiger partial charge in [-0.3, -0.25) is 4.79 Å². The first-order chi connectivity index (χ1) is 16.7. The van der Waals surface area contributed by atoms with Gasteiger partial charge in [0.1, 0.15) is 11.9 Å². The molecular formula is C26H25N5O3. The fourth-order valence-corrected chi connectivity index (χ4v) is 3.72. The van der Waals surface area contributed by atoms with E-state index in [1.54, 1.807) is 43.6 Å². The summed E-state index contributed by atoms with van der Waals surface area (Å²) in [5.74, 6) is 1.92. The van der Waals surface area contributed by atoms with Crippen molar-refractivity contribution < 1.29 is 14.3 Å². The van der Waals surface area contributed by atoms with Crippen LogP contribution in [0, 0.1) is 11.3 Å². The molecule has 8 heteroatoms. The molecule has 0 atom stereocenters. The fraction of sp³-hybridized carbons (Fsp3) is 0.231. The lowest BCUT2D eigenvalue weighted by Gasteiger charge is -2.18. The number of pyridine rings is 2. The van der Waals surface area contributed by atoms with Gasteiger partial charge >= 0.3 is 0 Å². The molecule has 172 valence electrons. The van der Waals surface area contributed by atoms with Crippen LogP contribution in [0.3, 0.4) is 0 Å². The molecule has 34 heavy (non-hydrogen) atoms. The topological polar surface area (TPSA) is 109 Å². The van der Waals surface area contributed by atoms with Crippen LogP contribution in [-0.4, -0.2) is 29.1 Å². The number of para-hydroxylation sites is 1. The summed E-state index contributed by atoms with van der Waals surface area (Å²) < 4.78 is 11.7. The van der Waals surface area contributed by atoms with Gasteiger partial charge in [0.2, 0.25) is 5.91 Å². The lowest BCUT2D eigenvalue weighted by atomic mass is 10.1. The molecule has 0 bridgehead atoms. The van der Waals surface area contributed by atoms with E-state index in [0.29, 0.717) is 34.4 Å². The second kappa shape index (κ2) is 11.0. The highest BCUT2D eigenvalue weighted by Gasteiger charge is 2.20. The molecule has 1 aromatic carbocycles. The maximum atomic E-state index is 12.7. The maximum Gasteiger partial charge on any atom is 0.248 e. The van der Waals surface area contributed by atoms with Gasteiger partial charge in [-0.25, -0.2) is 9.97 Å². The van der Waals surface area contributed by atoms with Crippen LogP contribution >= 0.6 is 0 Å². The number of aromatic nitrogens is 2. The van der Waals surface area contributed by atoms with E-state index >= 15 is 0 Å². The average molecular weight is 456 g/mol. The molecule has 0 radical (unpaired) electrons. The van der Waals surface area contributed by atoms with Crippen molar-refractivity contribution in [2.45, 2.75) is 31.8 Å². The van der Waals surface area contributed by atoms with Gasteiger partial charge in [0.15, 0.2) is 17.3 Å². The number of hydrogen-bond acceptors (Lipinski definition) is 7. The zero-order valence-electron chi connectivity index (χ0n) is 18.8. The van der Waals surface area contributed by atoms with Gasteiger partial charge < -0.3 is 20.1 Å². The Hall–Kier alpha value is -4.38. The highest BCUT2D eigenvalue weighted by molar-refractivity contribution is 6.03. The lowest BCUT2D eigenvalue weighted by molar-refractivity contribution is -0.111. The van der Waals surface area contributed by atoms with Crippen molar-refractivity contribution in [2.24, 2.45) is 0 Å². The van der Waals surface area contributed by atoms with Gasteiger partial charge in [-0.05, 0) is 62.1 Å². The van der Waals surface area contributed by atoms with Crippen molar-refractivity contribution in [3.63, 3.8) is 0 Å². The van der Waals surface area contributed by atoms with E-state index in [1.807, 2.05) is 24.3 Å². The quantitative estimate of drug-likeness (QED) is 0.456. The van der Waals surface area contributed by atoms with Crippen LogP contribution < -0.4 is 20.1 Å². The minimum absolute atomic E-state index is 0.164. The third-order valence-electron chi connectivity index (χ3n) is 5.43. The number of anilines is 3.